The lowest BCUT2D eigenvalue weighted by atomic mass is 9.63. The van der Waals surface area contributed by atoms with E-state index in [1.165, 1.54) is 12.1 Å². The molecule has 4 heteroatoms. The molecule has 3 nitrogen and oxygen atoms in total. The highest BCUT2D eigenvalue weighted by Crippen LogP contribution is 2.44. The van der Waals surface area contributed by atoms with Gasteiger partial charge in [-0.3, -0.25) is 4.79 Å². The number of benzene rings is 1. The summed E-state index contributed by atoms with van der Waals surface area (Å²) in [6.07, 6.45) is 2.50. The predicted molar refractivity (Wildman–Crippen MR) is 81.9 cm³/mol. The summed E-state index contributed by atoms with van der Waals surface area (Å²) in [5, 5.41) is 3.02. The van der Waals surface area contributed by atoms with Crippen molar-refractivity contribution in [1.29, 1.82) is 0 Å². The summed E-state index contributed by atoms with van der Waals surface area (Å²) in [6.45, 7) is 3.77. The third-order valence-electron chi connectivity index (χ3n) is 4.55. The van der Waals surface area contributed by atoms with Crippen LogP contribution >= 0.6 is 0 Å². The Morgan fingerprint density at radius 3 is 2.64 bits per heavy atom. The largest absolute Gasteiger partial charge is 0.464 e. The molecule has 1 aliphatic rings. The molecule has 22 heavy (non-hydrogen) atoms. The van der Waals surface area contributed by atoms with Crippen LogP contribution in [0, 0.1) is 12.7 Å². The van der Waals surface area contributed by atoms with E-state index in [-0.39, 0.29) is 17.8 Å². The second-order valence-electron chi connectivity index (χ2n) is 6.09. The average molecular weight is 301 g/mol. The van der Waals surface area contributed by atoms with E-state index in [0.717, 1.165) is 36.3 Å². The number of rotatable bonds is 4. The quantitative estimate of drug-likeness (QED) is 0.926. The molecule has 3 rings (SSSR count). The third kappa shape index (κ3) is 2.54. The van der Waals surface area contributed by atoms with Gasteiger partial charge in [-0.1, -0.05) is 18.6 Å². The fourth-order valence-electron chi connectivity index (χ4n) is 3.06. The van der Waals surface area contributed by atoms with E-state index in [4.69, 9.17) is 4.42 Å². The highest BCUT2D eigenvalue weighted by atomic mass is 19.1. The molecule has 1 aliphatic carbocycles. The molecule has 1 saturated carbocycles. The van der Waals surface area contributed by atoms with E-state index in [2.05, 4.69) is 5.32 Å². The number of hydrogen-bond donors (Lipinski definition) is 1. The van der Waals surface area contributed by atoms with E-state index in [9.17, 15) is 9.18 Å². The summed E-state index contributed by atoms with van der Waals surface area (Å²) in [6, 6.07) is 9.93. The summed E-state index contributed by atoms with van der Waals surface area (Å²) in [5.74, 6) is 1.20. The minimum atomic E-state index is -0.599. The number of hydrogen-bond acceptors (Lipinski definition) is 2. The van der Waals surface area contributed by atoms with Gasteiger partial charge >= 0.3 is 0 Å². The van der Waals surface area contributed by atoms with Crippen LogP contribution in [0.5, 0.6) is 0 Å². The molecule has 1 heterocycles. The van der Waals surface area contributed by atoms with E-state index in [1.807, 2.05) is 32.0 Å². The van der Waals surface area contributed by atoms with E-state index < -0.39 is 5.41 Å². The zero-order valence-corrected chi connectivity index (χ0v) is 12.9. The number of aryl methyl sites for hydroxylation is 1. The molecule has 116 valence electrons. The van der Waals surface area contributed by atoms with Crippen LogP contribution in [-0.4, -0.2) is 5.91 Å². The fraction of sp³-hybridized carbons (Fsp3) is 0.389. The lowest BCUT2D eigenvalue weighted by Gasteiger charge is -2.41. The number of halogens is 1. The average Bonchev–Trinajstić information content (AvgIpc) is 2.84. The van der Waals surface area contributed by atoms with Crippen molar-refractivity contribution in [2.24, 2.45) is 0 Å². The molecule has 1 amide bonds. The Bertz CT molecular complexity index is 688. The monoisotopic (exact) mass is 301 g/mol. The highest BCUT2D eigenvalue weighted by Gasteiger charge is 2.46. The van der Waals surface area contributed by atoms with Crippen molar-refractivity contribution in [3.05, 3.63) is 59.3 Å². The molecule has 0 aliphatic heterocycles. The van der Waals surface area contributed by atoms with Crippen LogP contribution in [0.3, 0.4) is 0 Å². The Morgan fingerprint density at radius 1 is 1.32 bits per heavy atom. The Balaban J connectivity index is 1.80. The van der Waals surface area contributed by atoms with Crippen LogP contribution in [-0.2, 0) is 10.2 Å². The molecule has 0 spiro atoms. The maximum atomic E-state index is 13.5. The minimum absolute atomic E-state index is 0.0501. The Labute approximate surface area is 129 Å². The van der Waals surface area contributed by atoms with Gasteiger partial charge in [0.05, 0.1) is 11.5 Å². The van der Waals surface area contributed by atoms with E-state index in [1.54, 1.807) is 6.07 Å². The van der Waals surface area contributed by atoms with Crippen LogP contribution in [0.4, 0.5) is 4.39 Å². The van der Waals surface area contributed by atoms with Crippen molar-refractivity contribution in [3.63, 3.8) is 0 Å². The topological polar surface area (TPSA) is 42.2 Å². The summed E-state index contributed by atoms with van der Waals surface area (Å²) >= 11 is 0. The van der Waals surface area contributed by atoms with Gasteiger partial charge in [-0.05, 0) is 56.5 Å². The fourth-order valence-corrected chi connectivity index (χ4v) is 3.06. The molecule has 1 aromatic heterocycles. The lowest BCUT2D eigenvalue weighted by Crippen LogP contribution is -2.49. The first-order valence-corrected chi connectivity index (χ1v) is 7.65. The Kier molecular flexibility index (Phi) is 3.77. The van der Waals surface area contributed by atoms with E-state index >= 15 is 0 Å². The molecule has 0 bridgehead atoms. The normalized spacial score (nSPS) is 17.6. The minimum Gasteiger partial charge on any atom is -0.464 e. The van der Waals surface area contributed by atoms with Crippen LogP contribution in [0.2, 0.25) is 0 Å². The number of amides is 1. The van der Waals surface area contributed by atoms with Gasteiger partial charge in [-0.25, -0.2) is 4.39 Å². The first-order valence-electron chi connectivity index (χ1n) is 7.65. The molecule has 0 radical (unpaired) electrons. The standard InChI is InChI=1S/C18H20FNO2/c1-12-7-8-16(22-12)13(2)20-17(21)18(9-4-10-18)14-5-3-6-15(19)11-14/h3,5-8,11,13H,4,9-10H2,1-2H3,(H,20,21). The van der Waals surface area contributed by atoms with Gasteiger partial charge in [0.2, 0.25) is 5.91 Å². The van der Waals surface area contributed by atoms with Gasteiger partial charge in [-0.15, -0.1) is 0 Å². The summed E-state index contributed by atoms with van der Waals surface area (Å²) in [5.41, 5.74) is 0.164. The van der Waals surface area contributed by atoms with Gasteiger partial charge in [-0.2, -0.15) is 0 Å². The zero-order chi connectivity index (χ0) is 15.7. The van der Waals surface area contributed by atoms with Gasteiger partial charge in [0.1, 0.15) is 17.3 Å². The SMILES string of the molecule is Cc1ccc(C(C)NC(=O)C2(c3cccc(F)c3)CCC2)o1. The maximum Gasteiger partial charge on any atom is 0.231 e. The molecule has 0 saturated heterocycles. The summed E-state index contributed by atoms with van der Waals surface area (Å²) in [7, 11) is 0. The number of furan rings is 1. The smallest absolute Gasteiger partial charge is 0.231 e. The number of nitrogens with one attached hydrogen (secondary N) is 1. The van der Waals surface area contributed by atoms with Crippen molar-refractivity contribution < 1.29 is 13.6 Å². The highest BCUT2D eigenvalue weighted by molar-refractivity contribution is 5.89. The molecule has 1 fully saturated rings. The molecule has 1 atom stereocenters. The number of carbonyl (C=O) groups excluding carboxylic acids is 1. The molecule has 2 aromatic rings. The molecular weight excluding hydrogens is 281 g/mol. The molecular formula is C18H20FNO2. The van der Waals surface area contributed by atoms with Crippen molar-refractivity contribution in [2.75, 3.05) is 0 Å². The molecule has 1 N–H and O–H groups in total. The Hall–Kier alpha value is -2.10. The van der Waals surface area contributed by atoms with Gasteiger partial charge in [0, 0.05) is 0 Å². The van der Waals surface area contributed by atoms with Crippen LogP contribution in [0.15, 0.2) is 40.8 Å². The lowest BCUT2D eigenvalue weighted by molar-refractivity contribution is -0.130. The molecule has 1 aromatic carbocycles. The predicted octanol–water partition coefficient (Wildman–Crippen LogP) is 4.03. The second-order valence-corrected chi connectivity index (χ2v) is 6.09. The van der Waals surface area contributed by atoms with Gasteiger partial charge in [0.15, 0.2) is 0 Å². The number of carbonyl (C=O) groups is 1. The van der Waals surface area contributed by atoms with Gasteiger partial charge in [0.25, 0.3) is 0 Å². The third-order valence-corrected chi connectivity index (χ3v) is 4.55. The van der Waals surface area contributed by atoms with Gasteiger partial charge < -0.3 is 9.73 Å². The van der Waals surface area contributed by atoms with Crippen molar-refractivity contribution in [2.45, 2.75) is 44.6 Å². The van der Waals surface area contributed by atoms with Crippen molar-refractivity contribution in [3.8, 4) is 0 Å². The molecule has 1 unspecified atom stereocenters. The van der Waals surface area contributed by atoms with Crippen molar-refractivity contribution >= 4 is 5.91 Å². The Morgan fingerprint density at radius 2 is 2.09 bits per heavy atom. The van der Waals surface area contributed by atoms with Crippen LogP contribution < -0.4 is 5.32 Å². The maximum absolute atomic E-state index is 13.5. The summed E-state index contributed by atoms with van der Waals surface area (Å²) in [4.78, 5) is 12.8. The zero-order valence-electron chi connectivity index (χ0n) is 12.9. The first-order chi connectivity index (χ1) is 10.5. The summed E-state index contributed by atoms with van der Waals surface area (Å²) < 4.78 is 19.1. The van der Waals surface area contributed by atoms with Crippen molar-refractivity contribution in [1.82, 2.24) is 5.32 Å². The van der Waals surface area contributed by atoms with Crippen LogP contribution in [0.25, 0.3) is 0 Å². The second kappa shape index (κ2) is 5.59. The first kappa shape index (κ1) is 14.8. The van der Waals surface area contributed by atoms with E-state index in [0.29, 0.717) is 0 Å². The van der Waals surface area contributed by atoms with Crippen LogP contribution in [0.1, 0.15) is 49.3 Å².